The molecule has 0 unspecified atom stereocenters. The molecule has 0 radical (unpaired) electrons. The molecule has 0 fully saturated rings. The Balaban J connectivity index is 1.96. The summed E-state index contributed by atoms with van der Waals surface area (Å²) in [5, 5.41) is 8.91. The molecule has 3 rings (SSSR count). The Bertz CT molecular complexity index is 1540. The summed E-state index contributed by atoms with van der Waals surface area (Å²) >= 11 is 0. The van der Waals surface area contributed by atoms with Crippen molar-refractivity contribution in [3.05, 3.63) is 71.2 Å². The van der Waals surface area contributed by atoms with Gasteiger partial charge >= 0.3 is 12.3 Å². The lowest BCUT2D eigenvalue weighted by molar-refractivity contribution is -0.141. The maximum Gasteiger partial charge on any atom is 0.442 e. The van der Waals surface area contributed by atoms with Crippen LogP contribution in [0.1, 0.15) is 42.4 Å². The highest BCUT2D eigenvalue weighted by Crippen LogP contribution is 2.32. The number of halogens is 4. The number of ether oxygens (including phenoxy) is 2. The normalized spacial score (nSPS) is 13.3. The third kappa shape index (κ3) is 7.96. The van der Waals surface area contributed by atoms with Crippen LogP contribution in [-0.2, 0) is 20.6 Å². The van der Waals surface area contributed by atoms with Crippen molar-refractivity contribution in [1.82, 2.24) is 10.2 Å². The Hall–Kier alpha value is -4.07. The molecule has 1 N–H and O–H groups in total. The van der Waals surface area contributed by atoms with E-state index in [4.69, 9.17) is 9.47 Å². The van der Waals surface area contributed by atoms with Crippen molar-refractivity contribution >= 4 is 27.4 Å². The minimum Gasteiger partial charge on any atom is -0.442 e. The molecule has 0 saturated heterocycles. The average molecular weight is 569 g/mol. The van der Waals surface area contributed by atoms with Gasteiger partial charge in [0.15, 0.2) is 5.69 Å². The van der Waals surface area contributed by atoms with Gasteiger partial charge in [0.05, 0.1) is 9.73 Å². The number of amides is 2. The van der Waals surface area contributed by atoms with Gasteiger partial charge in [0.2, 0.25) is 0 Å². The van der Waals surface area contributed by atoms with E-state index in [1.807, 2.05) is 0 Å². The molecule has 2 amide bonds. The van der Waals surface area contributed by atoms with Crippen molar-refractivity contribution in [2.45, 2.75) is 44.4 Å². The Morgan fingerprint density at radius 1 is 1.03 bits per heavy atom. The molecular weight excluding hydrogens is 544 g/mol. The second-order valence-corrected chi connectivity index (χ2v) is 11.6. The molecule has 14 heteroatoms. The van der Waals surface area contributed by atoms with Crippen molar-refractivity contribution in [3.63, 3.8) is 0 Å². The molecule has 1 aromatic heterocycles. The first-order valence-electron chi connectivity index (χ1n) is 11.2. The Kier molecular flexibility index (Phi) is 8.29. The summed E-state index contributed by atoms with van der Waals surface area (Å²) in [5.74, 6) is -2.15. The molecule has 0 saturated carbocycles. The van der Waals surface area contributed by atoms with E-state index in [2.05, 4.69) is 19.9 Å². The van der Waals surface area contributed by atoms with E-state index >= 15 is 0 Å². The number of rotatable bonds is 5. The summed E-state index contributed by atoms with van der Waals surface area (Å²) in [6.07, 6.45) is -4.77. The number of carbonyl (C=O) groups excluding carboxylic acids is 2. The predicted octanol–water partition coefficient (Wildman–Crippen LogP) is 6.38. The highest BCUT2D eigenvalue weighted by molar-refractivity contribution is 7.93. The second-order valence-electron chi connectivity index (χ2n) is 9.31. The number of aryl methyl sites for hydroxylation is 1. The van der Waals surface area contributed by atoms with E-state index in [0.29, 0.717) is 11.6 Å². The Labute approximate surface area is 221 Å². The van der Waals surface area contributed by atoms with Crippen molar-refractivity contribution in [1.29, 1.82) is 0 Å². The van der Waals surface area contributed by atoms with Crippen LogP contribution in [0, 0.1) is 12.7 Å². The molecule has 0 aliphatic heterocycles. The molecule has 0 spiro atoms. The Morgan fingerprint density at radius 3 is 2.33 bits per heavy atom. The molecule has 1 atom stereocenters. The monoisotopic (exact) mass is 568 g/mol. The van der Waals surface area contributed by atoms with E-state index in [0.717, 1.165) is 12.1 Å². The molecule has 0 aliphatic carbocycles. The van der Waals surface area contributed by atoms with Crippen LogP contribution in [0.5, 0.6) is 11.6 Å². The smallest absolute Gasteiger partial charge is 0.442 e. The maximum absolute atomic E-state index is 13.5. The molecule has 1 heterocycles. The summed E-state index contributed by atoms with van der Waals surface area (Å²) in [4.78, 5) is 25.2. The van der Waals surface area contributed by atoms with Gasteiger partial charge in [-0.15, -0.1) is 14.6 Å². The summed E-state index contributed by atoms with van der Waals surface area (Å²) in [5.41, 5.74) is -2.62. The van der Waals surface area contributed by atoms with Crippen LogP contribution in [0.4, 0.5) is 28.0 Å². The highest BCUT2D eigenvalue weighted by Gasteiger charge is 2.35. The third-order valence-corrected chi connectivity index (χ3v) is 6.44. The molecule has 39 heavy (non-hydrogen) atoms. The number of anilines is 1. The number of alkyl halides is 3. The fourth-order valence-corrected chi connectivity index (χ4v) is 4.18. The fourth-order valence-electron chi connectivity index (χ4n) is 3.07. The number of hydrogen-bond acceptors (Lipinski definition) is 7. The van der Waals surface area contributed by atoms with E-state index in [-0.39, 0.29) is 16.3 Å². The van der Waals surface area contributed by atoms with Crippen molar-refractivity contribution < 1.29 is 40.8 Å². The largest absolute Gasteiger partial charge is 0.442 e. The van der Waals surface area contributed by atoms with E-state index < -0.39 is 56.5 Å². The van der Waals surface area contributed by atoms with Gasteiger partial charge in [-0.05, 0) is 75.7 Å². The van der Waals surface area contributed by atoms with Crippen LogP contribution in [0.2, 0.25) is 0 Å². The SMILES string of the molecule is Cc1cc(F)ccc1Oc1nnc(C(F)(F)F)cc1C(=O)Nc1cccc([S@](C)(=O)=NC(=O)OC(C)(C)C)c1. The molecule has 0 aliphatic rings. The standard InChI is InChI=1S/C25H24F4N4O5S/c1-14-11-15(26)9-10-19(14)37-22-18(13-20(31-32-22)25(27,28)29)21(34)30-16-7-6-8-17(12-16)39(5,36)33-23(35)38-24(2,3)4/h6-13H,1-5H3,(H,30,34)/t39-/m0/s1. The molecule has 208 valence electrons. The first-order valence-corrected chi connectivity index (χ1v) is 13.1. The van der Waals surface area contributed by atoms with Crippen molar-refractivity contribution in [2.75, 3.05) is 11.6 Å². The number of hydrogen-bond donors (Lipinski definition) is 1. The quantitative estimate of drug-likeness (QED) is 0.355. The molecular formula is C25H24F4N4O5S. The Morgan fingerprint density at radius 2 is 1.72 bits per heavy atom. The van der Waals surface area contributed by atoms with E-state index in [1.54, 1.807) is 20.8 Å². The van der Waals surface area contributed by atoms with Gasteiger partial charge in [-0.25, -0.2) is 13.4 Å². The van der Waals surface area contributed by atoms with Gasteiger partial charge in [-0.1, -0.05) is 6.07 Å². The lowest BCUT2D eigenvalue weighted by Crippen LogP contribution is -2.22. The topological polar surface area (TPSA) is 120 Å². The van der Waals surface area contributed by atoms with Gasteiger partial charge in [0, 0.05) is 16.8 Å². The zero-order valence-corrected chi connectivity index (χ0v) is 22.2. The first kappa shape index (κ1) is 29.5. The van der Waals surface area contributed by atoms with Crippen LogP contribution >= 0.6 is 0 Å². The maximum atomic E-state index is 13.5. The van der Waals surface area contributed by atoms with Crippen LogP contribution in [0.25, 0.3) is 0 Å². The molecule has 2 aromatic carbocycles. The summed E-state index contributed by atoms with van der Waals surface area (Å²) in [6, 6.07) is 9.31. The predicted molar refractivity (Wildman–Crippen MR) is 134 cm³/mol. The number of nitrogens with one attached hydrogen (secondary N) is 1. The average Bonchev–Trinajstić information content (AvgIpc) is 2.79. The minimum atomic E-state index is -4.91. The van der Waals surface area contributed by atoms with Gasteiger partial charge in [-0.2, -0.15) is 13.2 Å². The summed E-state index contributed by atoms with van der Waals surface area (Å²) in [6.45, 7) is 6.33. The second kappa shape index (κ2) is 11.0. The van der Waals surface area contributed by atoms with Crippen LogP contribution in [-0.4, -0.2) is 38.3 Å². The summed E-state index contributed by atoms with van der Waals surface area (Å²) < 4.78 is 80.7. The van der Waals surface area contributed by atoms with Crippen molar-refractivity contribution in [2.24, 2.45) is 4.36 Å². The first-order chi connectivity index (χ1) is 17.9. The fraction of sp³-hybridized carbons (Fsp3) is 0.280. The zero-order valence-electron chi connectivity index (χ0n) is 21.4. The summed E-state index contributed by atoms with van der Waals surface area (Å²) in [7, 11) is -3.32. The van der Waals surface area contributed by atoms with Gasteiger partial charge < -0.3 is 14.8 Å². The molecule has 3 aromatic rings. The highest BCUT2D eigenvalue weighted by atomic mass is 32.2. The van der Waals surface area contributed by atoms with Gasteiger partial charge in [-0.3, -0.25) is 4.79 Å². The minimum absolute atomic E-state index is 0.0285. The van der Waals surface area contributed by atoms with Gasteiger partial charge in [0.25, 0.3) is 11.8 Å². The molecule has 0 bridgehead atoms. The van der Waals surface area contributed by atoms with Crippen molar-refractivity contribution in [3.8, 4) is 11.6 Å². The zero-order chi connectivity index (χ0) is 29.2. The number of benzene rings is 2. The van der Waals surface area contributed by atoms with E-state index in [1.165, 1.54) is 43.5 Å². The third-order valence-electron chi connectivity index (χ3n) is 4.81. The number of carbonyl (C=O) groups is 2. The van der Waals surface area contributed by atoms with Crippen LogP contribution < -0.4 is 10.1 Å². The lowest BCUT2D eigenvalue weighted by atomic mass is 10.2. The van der Waals surface area contributed by atoms with Gasteiger partial charge in [0.1, 0.15) is 22.7 Å². The van der Waals surface area contributed by atoms with E-state index in [9.17, 15) is 31.4 Å². The number of aromatic nitrogens is 2. The van der Waals surface area contributed by atoms with Crippen LogP contribution in [0.3, 0.4) is 0 Å². The van der Waals surface area contributed by atoms with Crippen LogP contribution in [0.15, 0.2) is 57.8 Å². The number of nitrogens with zero attached hydrogens (tertiary/aromatic N) is 3. The lowest BCUT2D eigenvalue weighted by Gasteiger charge is -2.17. The molecule has 9 nitrogen and oxygen atoms in total.